The van der Waals surface area contributed by atoms with Crippen molar-refractivity contribution in [3.63, 3.8) is 0 Å². The first kappa shape index (κ1) is 40.3. The number of anilines is 6. The van der Waals surface area contributed by atoms with E-state index in [1.165, 1.54) is 138 Å². The number of aryl methyl sites for hydroxylation is 1. The summed E-state index contributed by atoms with van der Waals surface area (Å²) in [7, 11) is 0. The van der Waals surface area contributed by atoms with Crippen LogP contribution in [0.5, 0.6) is 0 Å². The van der Waals surface area contributed by atoms with Gasteiger partial charge in [-0.25, -0.2) is 0 Å². The first-order valence-corrected chi connectivity index (χ1v) is 26.0. The van der Waals surface area contributed by atoms with Crippen molar-refractivity contribution in [3.8, 4) is 33.4 Å². The predicted octanol–water partition coefficient (Wildman–Crippen LogP) is 15.1. The molecule has 0 N–H and O–H groups in total. The highest BCUT2D eigenvalue weighted by Gasteiger charge is 2.62. The summed E-state index contributed by atoms with van der Waals surface area (Å²) in [6, 6.07) is 64.7. The standard InChI is InChI=1S/C66H59BN2/c1-39-14-11-15-42(28-39)45-36-60-62-61(37-45)69-58-23-10-9-20-54(58)66(47-30-40-29-41(32-47)33-48(66)31-40)55-21-13-22-56(63(55)69)67(62)57-38-46(64(2,3)4)25-27-59(57)68(60)49-17-12-16-43(34-49)44-24-26-53-51(35-44)50-18-7-8-19-52(50)65(53,5)6/h7-28,34-38,40-41,47-48H,29-33H2,1-6H3. The molecule has 8 aromatic rings. The number of fused-ring (bicyclic) bond motifs is 9. The highest BCUT2D eigenvalue weighted by molar-refractivity contribution is 7.00. The van der Waals surface area contributed by atoms with Crippen molar-refractivity contribution in [2.75, 3.05) is 9.80 Å². The highest BCUT2D eigenvalue weighted by atomic mass is 15.2. The highest BCUT2D eigenvalue weighted by Crippen LogP contribution is 2.70. The molecule has 4 saturated carbocycles. The van der Waals surface area contributed by atoms with Crippen LogP contribution < -0.4 is 26.2 Å². The van der Waals surface area contributed by atoms with Crippen molar-refractivity contribution in [2.45, 2.75) is 89.9 Å². The minimum atomic E-state index is -0.0296. The van der Waals surface area contributed by atoms with E-state index in [-0.39, 0.29) is 23.0 Å². The molecule has 4 fully saturated rings. The van der Waals surface area contributed by atoms with Crippen LogP contribution in [0.1, 0.15) is 100 Å². The van der Waals surface area contributed by atoms with Gasteiger partial charge in [-0.2, -0.15) is 0 Å². The third-order valence-electron chi connectivity index (χ3n) is 18.8. The maximum atomic E-state index is 2.77. The van der Waals surface area contributed by atoms with Gasteiger partial charge in [0.2, 0.25) is 0 Å². The summed E-state index contributed by atoms with van der Waals surface area (Å²) in [4.78, 5) is 5.40. The van der Waals surface area contributed by atoms with Crippen LogP contribution in [0, 0.1) is 30.6 Å². The molecule has 3 heterocycles. The Morgan fingerprint density at radius 2 is 1.13 bits per heavy atom. The van der Waals surface area contributed by atoms with E-state index in [0.29, 0.717) is 11.8 Å². The second kappa shape index (κ2) is 13.8. The predicted molar refractivity (Wildman–Crippen MR) is 290 cm³/mol. The summed E-state index contributed by atoms with van der Waals surface area (Å²) in [6.45, 7) is 14.2. The maximum absolute atomic E-state index is 2.77. The zero-order valence-corrected chi connectivity index (χ0v) is 40.9. The Bertz CT molecular complexity index is 3500. The first-order chi connectivity index (χ1) is 33.5. The molecular weight excluding hydrogens is 832 g/mol. The number of benzene rings is 8. The van der Waals surface area contributed by atoms with Crippen molar-refractivity contribution in [1.82, 2.24) is 0 Å². The second-order valence-electron chi connectivity index (χ2n) is 23.8. The Labute approximate surface area is 409 Å². The van der Waals surface area contributed by atoms with Crippen molar-refractivity contribution in [2.24, 2.45) is 23.7 Å². The molecule has 0 radical (unpaired) electrons. The van der Waals surface area contributed by atoms with Gasteiger partial charge in [0.1, 0.15) is 0 Å². The van der Waals surface area contributed by atoms with Crippen molar-refractivity contribution >= 4 is 57.2 Å². The molecule has 8 aromatic carbocycles. The molecule has 0 atom stereocenters. The van der Waals surface area contributed by atoms with E-state index in [1.54, 1.807) is 11.1 Å². The van der Waals surface area contributed by atoms with Gasteiger partial charge in [0.15, 0.2) is 0 Å². The summed E-state index contributed by atoms with van der Waals surface area (Å²) in [6.07, 6.45) is 6.94. The van der Waals surface area contributed by atoms with Crippen LogP contribution in [-0.2, 0) is 16.2 Å². The number of nitrogens with zero attached hydrogens (tertiary/aromatic N) is 2. The van der Waals surface area contributed by atoms with Gasteiger partial charge >= 0.3 is 0 Å². The average molecular weight is 891 g/mol. The Kier molecular flexibility index (Phi) is 8.07. The number of hydrogen-bond acceptors (Lipinski definition) is 2. The summed E-state index contributed by atoms with van der Waals surface area (Å²) < 4.78 is 0. The summed E-state index contributed by atoms with van der Waals surface area (Å²) in [5, 5.41) is 0. The van der Waals surface area contributed by atoms with Crippen LogP contribution in [0.25, 0.3) is 33.4 Å². The Morgan fingerprint density at radius 1 is 0.478 bits per heavy atom. The zero-order valence-electron chi connectivity index (χ0n) is 40.9. The fourth-order valence-corrected chi connectivity index (χ4v) is 16.1. The summed E-state index contributed by atoms with van der Waals surface area (Å²) in [5.41, 5.74) is 28.6. The molecule has 0 amide bonds. The van der Waals surface area contributed by atoms with Crippen LogP contribution in [-0.4, -0.2) is 6.71 Å². The molecule has 2 nitrogen and oxygen atoms in total. The van der Waals surface area contributed by atoms with Crippen LogP contribution in [0.15, 0.2) is 164 Å². The van der Waals surface area contributed by atoms with Gasteiger partial charge in [-0.15, -0.1) is 0 Å². The molecule has 5 aliphatic carbocycles. The van der Waals surface area contributed by atoms with E-state index in [0.717, 1.165) is 11.8 Å². The van der Waals surface area contributed by atoms with Gasteiger partial charge in [-0.05, 0) is 188 Å². The molecule has 3 heteroatoms. The van der Waals surface area contributed by atoms with Gasteiger partial charge in [-0.3, -0.25) is 0 Å². The van der Waals surface area contributed by atoms with Gasteiger partial charge in [-0.1, -0.05) is 162 Å². The smallest absolute Gasteiger partial charge is 0.252 e. The monoisotopic (exact) mass is 890 g/mol. The minimum absolute atomic E-state index is 0.0150. The Balaban J connectivity index is 1.000. The number of rotatable bonds is 3. The number of hydrogen-bond donors (Lipinski definition) is 0. The lowest BCUT2D eigenvalue weighted by Crippen LogP contribution is -2.64. The molecule has 3 aliphatic heterocycles. The second-order valence-corrected chi connectivity index (χ2v) is 23.8. The molecule has 4 bridgehead atoms. The van der Waals surface area contributed by atoms with Crippen LogP contribution >= 0.6 is 0 Å². The van der Waals surface area contributed by atoms with Crippen molar-refractivity contribution in [1.29, 1.82) is 0 Å². The Morgan fingerprint density at radius 3 is 1.90 bits per heavy atom. The molecule has 8 aliphatic rings. The summed E-state index contributed by atoms with van der Waals surface area (Å²) in [5.74, 6) is 3.14. The molecule has 16 rings (SSSR count). The normalized spacial score (nSPS) is 23.3. The van der Waals surface area contributed by atoms with Gasteiger partial charge in [0.05, 0.1) is 5.69 Å². The molecule has 0 unspecified atom stereocenters. The van der Waals surface area contributed by atoms with E-state index in [2.05, 4.69) is 215 Å². The fraction of sp³-hybridized carbons (Fsp3) is 0.273. The molecule has 69 heavy (non-hydrogen) atoms. The molecule has 336 valence electrons. The quantitative estimate of drug-likeness (QED) is 0.163. The topological polar surface area (TPSA) is 6.48 Å². The Hall–Kier alpha value is -6.58. The van der Waals surface area contributed by atoms with Gasteiger partial charge in [0.25, 0.3) is 6.71 Å². The molecule has 1 spiro atoms. The minimum Gasteiger partial charge on any atom is -0.311 e. The SMILES string of the molecule is Cc1cccc(-c2cc3c4c(c2)N2c5ccccc5C5(c6cccc(c62)B4c2cc(C(C)(C)C)ccc2N3c2cccc(-c3ccc4c(c3)-c3ccccc3C4(C)C)c2)C2CC3CC(C2)CC5C3)c1. The zero-order chi connectivity index (χ0) is 46.3. The lowest BCUT2D eigenvalue weighted by atomic mass is 9.32. The molecule has 0 saturated heterocycles. The van der Waals surface area contributed by atoms with Gasteiger partial charge in [0, 0.05) is 39.3 Å². The lowest BCUT2D eigenvalue weighted by Gasteiger charge is -2.64. The lowest BCUT2D eigenvalue weighted by molar-refractivity contribution is -0.0419. The van der Waals surface area contributed by atoms with E-state index < -0.39 is 0 Å². The van der Waals surface area contributed by atoms with Crippen LogP contribution in [0.4, 0.5) is 34.1 Å². The third-order valence-corrected chi connectivity index (χ3v) is 18.8. The van der Waals surface area contributed by atoms with Crippen molar-refractivity contribution < 1.29 is 0 Å². The van der Waals surface area contributed by atoms with E-state index in [4.69, 9.17) is 0 Å². The van der Waals surface area contributed by atoms with Crippen LogP contribution in [0.2, 0.25) is 0 Å². The summed E-state index contributed by atoms with van der Waals surface area (Å²) >= 11 is 0. The molecule has 0 aromatic heterocycles. The van der Waals surface area contributed by atoms with E-state index >= 15 is 0 Å². The molecular formula is C66H59BN2. The fourth-order valence-electron chi connectivity index (χ4n) is 16.1. The number of para-hydroxylation sites is 2. The third kappa shape index (κ3) is 5.35. The van der Waals surface area contributed by atoms with E-state index in [9.17, 15) is 0 Å². The van der Waals surface area contributed by atoms with Crippen molar-refractivity contribution in [3.05, 3.63) is 197 Å². The largest absolute Gasteiger partial charge is 0.311 e. The average Bonchev–Trinajstić information content (AvgIpc) is 3.58. The first-order valence-electron chi connectivity index (χ1n) is 26.0. The van der Waals surface area contributed by atoms with Crippen LogP contribution in [0.3, 0.4) is 0 Å². The van der Waals surface area contributed by atoms with E-state index in [1.807, 2.05) is 0 Å². The maximum Gasteiger partial charge on any atom is 0.252 e. The van der Waals surface area contributed by atoms with Gasteiger partial charge < -0.3 is 9.80 Å².